The molecule has 0 saturated carbocycles. The first-order valence-electron chi connectivity index (χ1n) is 10.3. The molecule has 1 amide bonds. The maximum atomic E-state index is 12.4. The maximum absolute atomic E-state index is 12.4. The monoisotopic (exact) mass is 396 g/mol. The van der Waals surface area contributed by atoms with Gasteiger partial charge in [0, 0.05) is 25.3 Å². The third-order valence-electron chi connectivity index (χ3n) is 5.18. The summed E-state index contributed by atoms with van der Waals surface area (Å²) in [6.45, 7) is 12.2. The summed E-state index contributed by atoms with van der Waals surface area (Å²) in [4.78, 5) is 14.7. The Bertz CT molecular complexity index is 788. The van der Waals surface area contributed by atoms with Gasteiger partial charge in [0.25, 0.3) is 5.91 Å². The molecule has 1 N–H and O–H groups in total. The standard InChI is InChI=1S/C24H32N2O3/c1-18(29-22-11-7-20(8-12-22)24(2,3)4)23(27)25-17-19-5-9-21(10-6-19)26-13-15-28-16-14-26/h5-12,18H,13-17H2,1-4H3,(H,25,27)/t18-/m1/s1. The lowest BCUT2D eigenvalue weighted by atomic mass is 9.87. The third-order valence-corrected chi connectivity index (χ3v) is 5.18. The van der Waals surface area contributed by atoms with Crippen molar-refractivity contribution in [3.8, 4) is 5.75 Å². The van der Waals surface area contributed by atoms with E-state index in [1.54, 1.807) is 6.92 Å². The number of amides is 1. The molecule has 1 saturated heterocycles. The van der Waals surface area contributed by atoms with Crippen LogP contribution < -0.4 is 15.0 Å². The van der Waals surface area contributed by atoms with Crippen LogP contribution >= 0.6 is 0 Å². The Morgan fingerprint density at radius 1 is 1.07 bits per heavy atom. The topological polar surface area (TPSA) is 50.8 Å². The molecule has 1 aliphatic heterocycles. The van der Waals surface area contributed by atoms with Gasteiger partial charge in [-0.15, -0.1) is 0 Å². The van der Waals surface area contributed by atoms with Gasteiger partial charge in [-0.1, -0.05) is 45.0 Å². The number of carbonyl (C=O) groups excluding carboxylic acids is 1. The average molecular weight is 397 g/mol. The summed E-state index contributed by atoms with van der Waals surface area (Å²) in [6, 6.07) is 16.3. The summed E-state index contributed by atoms with van der Waals surface area (Å²) in [5.74, 6) is 0.581. The van der Waals surface area contributed by atoms with E-state index in [0.717, 1.165) is 31.9 Å². The molecule has 29 heavy (non-hydrogen) atoms. The Labute approximate surface area is 174 Å². The first-order valence-corrected chi connectivity index (χ1v) is 10.3. The van der Waals surface area contributed by atoms with Gasteiger partial charge in [0.15, 0.2) is 6.10 Å². The molecule has 0 radical (unpaired) electrons. The number of morpholine rings is 1. The van der Waals surface area contributed by atoms with E-state index < -0.39 is 6.10 Å². The SMILES string of the molecule is C[C@@H](Oc1ccc(C(C)(C)C)cc1)C(=O)NCc1ccc(N2CCOCC2)cc1. The zero-order chi connectivity index (χ0) is 20.9. The van der Waals surface area contributed by atoms with Gasteiger partial charge in [0.1, 0.15) is 5.75 Å². The molecule has 1 aliphatic rings. The molecule has 2 aromatic carbocycles. The van der Waals surface area contributed by atoms with Gasteiger partial charge in [-0.25, -0.2) is 0 Å². The lowest BCUT2D eigenvalue weighted by molar-refractivity contribution is -0.127. The van der Waals surface area contributed by atoms with Crippen molar-refractivity contribution in [1.29, 1.82) is 0 Å². The molecule has 0 unspecified atom stereocenters. The number of hydrogen-bond donors (Lipinski definition) is 1. The number of benzene rings is 2. The summed E-state index contributed by atoms with van der Waals surface area (Å²) in [5, 5.41) is 2.96. The van der Waals surface area contributed by atoms with Crippen molar-refractivity contribution < 1.29 is 14.3 Å². The van der Waals surface area contributed by atoms with E-state index in [-0.39, 0.29) is 11.3 Å². The van der Waals surface area contributed by atoms with E-state index in [1.807, 2.05) is 12.1 Å². The van der Waals surface area contributed by atoms with Crippen LogP contribution in [0.2, 0.25) is 0 Å². The minimum atomic E-state index is -0.553. The third kappa shape index (κ3) is 5.97. The van der Waals surface area contributed by atoms with Gasteiger partial charge in [-0.05, 0) is 47.7 Å². The second kappa shape index (κ2) is 9.31. The van der Waals surface area contributed by atoms with Crippen molar-refractivity contribution in [3.63, 3.8) is 0 Å². The number of carbonyl (C=O) groups is 1. The fourth-order valence-electron chi connectivity index (χ4n) is 3.27. The fourth-order valence-corrected chi connectivity index (χ4v) is 3.27. The van der Waals surface area contributed by atoms with E-state index in [4.69, 9.17) is 9.47 Å². The highest BCUT2D eigenvalue weighted by Crippen LogP contribution is 2.24. The quantitative estimate of drug-likeness (QED) is 0.804. The molecule has 156 valence electrons. The van der Waals surface area contributed by atoms with Crippen molar-refractivity contribution in [3.05, 3.63) is 59.7 Å². The summed E-state index contributed by atoms with van der Waals surface area (Å²) in [6.07, 6.45) is -0.553. The molecular formula is C24H32N2O3. The van der Waals surface area contributed by atoms with Crippen molar-refractivity contribution in [1.82, 2.24) is 5.32 Å². The molecule has 5 nitrogen and oxygen atoms in total. The Balaban J connectivity index is 1.48. The van der Waals surface area contributed by atoms with Crippen molar-refractivity contribution in [2.45, 2.75) is 45.8 Å². The molecule has 0 spiro atoms. The Morgan fingerprint density at radius 2 is 1.69 bits per heavy atom. The molecule has 1 atom stereocenters. The van der Waals surface area contributed by atoms with Crippen LogP contribution in [0.25, 0.3) is 0 Å². The molecule has 3 rings (SSSR count). The van der Waals surface area contributed by atoms with Gasteiger partial charge in [-0.2, -0.15) is 0 Å². The maximum Gasteiger partial charge on any atom is 0.261 e. The zero-order valence-corrected chi connectivity index (χ0v) is 17.9. The average Bonchev–Trinajstić information content (AvgIpc) is 2.72. The van der Waals surface area contributed by atoms with E-state index in [0.29, 0.717) is 12.3 Å². The summed E-state index contributed by atoms with van der Waals surface area (Å²) >= 11 is 0. The molecule has 1 fully saturated rings. The van der Waals surface area contributed by atoms with Crippen LogP contribution in [0.5, 0.6) is 5.75 Å². The lowest BCUT2D eigenvalue weighted by Crippen LogP contribution is -2.36. The Morgan fingerprint density at radius 3 is 2.28 bits per heavy atom. The molecule has 2 aromatic rings. The summed E-state index contributed by atoms with van der Waals surface area (Å²) in [5.41, 5.74) is 3.59. The smallest absolute Gasteiger partial charge is 0.261 e. The largest absolute Gasteiger partial charge is 0.481 e. The predicted molar refractivity (Wildman–Crippen MR) is 117 cm³/mol. The number of ether oxygens (including phenoxy) is 2. The molecule has 1 heterocycles. The van der Waals surface area contributed by atoms with Gasteiger partial charge >= 0.3 is 0 Å². The molecular weight excluding hydrogens is 364 g/mol. The van der Waals surface area contributed by atoms with Crippen LogP contribution in [0.4, 0.5) is 5.69 Å². The van der Waals surface area contributed by atoms with Gasteiger partial charge < -0.3 is 19.7 Å². The highest BCUT2D eigenvalue weighted by atomic mass is 16.5. The number of rotatable bonds is 6. The lowest BCUT2D eigenvalue weighted by Gasteiger charge is -2.28. The van der Waals surface area contributed by atoms with Crippen molar-refractivity contribution in [2.24, 2.45) is 0 Å². The first kappa shape index (κ1) is 21.2. The van der Waals surface area contributed by atoms with E-state index in [1.165, 1.54) is 11.3 Å². The second-order valence-electron chi connectivity index (χ2n) is 8.52. The van der Waals surface area contributed by atoms with E-state index in [2.05, 4.69) is 67.4 Å². The molecule has 0 aliphatic carbocycles. The zero-order valence-electron chi connectivity index (χ0n) is 17.9. The predicted octanol–water partition coefficient (Wildman–Crippen LogP) is 3.90. The second-order valence-corrected chi connectivity index (χ2v) is 8.52. The van der Waals surface area contributed by atoms with Crippen molar-refractivity contribution >= 4 is 11.6 Å². The van der Waals surface area contributed by atoms with Crippen LogP contribution in [0, 0.1) is 0 Å². The van der Waals surface area contributed by atoms with E-state index in [9.17, 15) is 4.79 Å². The van der Waals surface area contributed by atoms with Crippen LogP contribution in [-0.2, 0) is 21.5 Å². The first-order chi connectivity index (χ1) is 13.8. The van der Waals surface area contributed by atoms with Crippen LogP contribution in [-0.4, -0.2) is 38.3 Å². The number of nitrogens with zero attached hydrogens (tertiary/aromatic N) is 1. The minimum absolute atomic E-state index is 0.0961. The highest BCUT2D eigenvalue weighted by Gasteiger charge is 2.17. The molecule has 0 bridgehead atoms. The van der Waals surface area contributed by atoms with Gasteiger partial charge in [0.2, 0.25) is 0 Å². The fraction of sp³-hybridized carbons (Fsp3) is 0.458. The van der Waals surface area contributed by atoms with Crippen LogP contribution in [0.3, 0.4) is 0 Å². The number of nitrogens with one attached hydrogen (secondary N) is 1. The normalized spacial score (nSPS) is 15.7. The molecule has 5 heteroatoms. The van der Waals surface area contributed by atoms with E-state index >= 15 is 0 Å². The highest BCUT2D eigenvalue weighted by molar-refractivity contribution is 5.80. The Kier molecular flexibility index (Phi) is 6.80. The van der Waals surface area contributed by atoms with Crippen LogP contribution in [0.15, 0.2) is 48.5 Å². The van der Waals surface area contributed by atoms with Crippen LogP contribution in [0.1, 0.15) is 38.8 Å². The number of anilines is 1. The molecule has 0 aromatic heterocycles. The summed E-state index contributed by atoms with van der Waals surface area (Å²) in [7, 11) is 0. The number of hydrogen-bond acceptors (Lipinski definition) is 4. The Hall–Kier alpha value is -2.53. The van der Waals surface area contributed by atoms with Crippen molar-refractivity contribution in [2.75, 3.05) is 31.2 Å². The minimum Gasteiger partial charge on any atom is -0.481 e. The summed E-state index contributed by atoms with van der Waals surface area (Å²) < 4.78 is 11.2. The van der Waals surface area contributed by atoms with Gasteiger partial charge in [-0.3, -0.25) is 4.79 Å². The van der Waals surface area contributed by atoms with Gasteiger partial charge in [0.05, 0.1) is 13.2 Å².